The first-order valence-corrected chi connectivity index (χ1v) is 10.9. The Morgan fingerprint density at radius 3 is 2.84 bits per heavy atom. The molecule has 0 radical (unpaired) electrons. The molecule has 5 nitrogen and oxygen atoms in total. The molecular weight excluding hydrogens is 393 g/mol. The second-order valence-corrected chi connectivity index (χ2v) is 8.31. The van der Waals surface area contributed by atoms with Crippen LogP contribution in [0.15, 0.2) is 42.6 Å². The third-order valence-electron chi connectivity index (χ3n) is 6.33. The van der Waals surface area contributed by atoms with Crippen molar-refractivity contribution in [1.82, 2.24) is 15.2 Å². The van der Waals surface area contributed by atoms with E-state index in [9.17, 15) is 14.0 Å². The van der Waals surface area contributed by atoms with E-state index < -0.39 is 5.82 Å². The summed E-state index contributed by atoms with van der Waals surface area (Å²) in [6.07, 6.45) is 11.3. The van der Waals surface area contributed by atoms with Gasteiger partial charge in [0.15, 0.2) is 0 Å². The fourth-order valence-corrected chi connectivity index (χ4v) is 4.43. The number of carbonyl (C=O) groups excluding carboxylic acids is 2. The highest BCUT2D eigenvalue weighted by molar-refractivity contribution is 5.95. The maximum absolute atomic E-state index is 15.0. The van der Waals surface area contributed by atoms with Crippen molar-refractivity contribution in [2.75, 3.05) is 7.05 Å². The zero-order valence-corrected chi connectivity index (χ0v) is 18.0. The van der Waals surface area contributed by atoms with Gasteiger partial charge in [-0.3, -0.25) is 9.59 Å². The average Bonchev–Trinajstić information content (AvgIpc) is 3.38. The van der Waals surface area contributed by atoms with Gasteiger partial charge in [0.2, 0.25) is 5.91 Å². The first kappa shape index (κ1) is 21.1. The Morgan fingerprint density at radius 1 is 1.23 bits per heavy atom. The Labute approximate surface area is 182 Å². The molecule has 1 aromatic heterocycles. The zero-order chi connectivity index (χ0) is 22.0. The van der Waals surface area contributed by atoms with Gasteiger partial charge < -0.3 is 15.2 Å². The summed E-state index contributed by atoms with van der Waals surface area (Å²) in [6.45, 7) is 1.83. The van der Waals surface area contributed by atoms with E-state index in [-0.39, 0.29) is 23.9 Å². The predicted molar refractivity (Wildman–Crippen MR) is 120 cm³/mol. The number of halogens is 1. The van der Waals surface area contributed by atoms with E-state index in [1.54, 1.807) is 24.1 Å². The van der Waals surface area contributed by atoms with Crippen LogP contribution in [0.3, 0.4) is 0 Å². The van der Waals surface area contributed by atoms with E-state index in [0.29, 0.717) is 17.5 Å². The minimum Gasteiger partial charge on any atom is -0.361 e. The van der Waals surface area contributed by atoms with Gasteiger partial charge in [-0.2, -0.15) is 0 Å². The Morgan fingerprint density at radius 2 is 2.06 bits per heavy atom. The quantitative estimate of drug-likeness (QED) is 0.755. The van der Waals surface area contributed by atoms with E-state index in [0.717, 1.165) is 37.0 Å². The molecule has 2 aliphatic rings. The molecule has 2 aromatic rings. The molecule has 2 aliphatic carbocycles. The molecule has 1 fully saturated rings. The van der Waals surface area contributed by atoms with Gasteiger partial charge in [0.1, 0.15) is 5.82 Å². The van der Waals surface area contributed by atoms with Crippen LogP contribution < -0.4 is 5.32 Å². The second kappa shape index (κ2) is 8.92. The summed E-state index contributed by atoms with van der Waals surface area (Å²) in [4.78, 5) is 29.5. The van der Waals surface area contributed by atoms with Crippen molar-refractivity contribution in [2.45, 2.75) is 51.1 Å². The molecule has 4 rings (SSSR count). The number of hydrogen-bond acceptors (Lipinski definition) is 2. The fraction of sp³-hybridized carbons (Fsp3) is 0.360. The van der Waals surface area contributed by atoms with Gasteiger partial charge in [0.25, 0.3) is 5.91 Å². The van der Waals surface area contributed by atoms with Crippen LogP contribution in [-0.4, -0.2) is 40.8 Å². The van der Waals surface area contributed by atoms with E-state index in [1.165, 1.54) is 11.6 Å². The Kier molecular flexibility index (Phi) is 6.07. The van der Waals surface area contributed by atoms with E-state index >= 15 is 0 Å². The molecule has 1 aromatic carbocycles. The van der Waals surface area contributed by atoms with E-state index in [2.05, 4.69) is 10.3 Å². The number of allylic oxidation sites excluding steroid dienone is 3. The topological polar surface area (TPSA) is 65.2 Å². The number of nitrogens with one attached hydrogen (secondary N) is 2. The Balaban J connectivity index is 1.45. The van der Waals surface area contributed by atoms with Gasteiger partial charge in [-0.1, -0.05) is 25.1 Å². The molecule has 31 heavy (non-hydrogen) atoms. The summed E-state index contributed by atoms with van der Waals surface area (Å²) in [5, 5.41) is 3.00. The van der Waals surface area contributed by atoms with Gasteiger partial charge in [-0.15, -0.1) is 0 Å². The van der Waals surface area contributed by atoms with Crippen molar-refractivity contribution in [1.29, 1.82) is 0 Å². The van der Waals surface area contributed by atoms with Gasteiger partial charge in [0, 0.05) is 48.6 Å². The number of benzene rings is 1. The zero-order valence-electron chi connectivity index (χ0n) is 18.0. The lowest BCUT2D eigenvalue weighted by atomic mass is 10.0. The van der Waals surface area contributed by atoms with Crippen LogP contribution in [-0.2, 0) is 11.2 Å². The van der Waals surface area contributed by atoms with Crippen LogP contribution in [0.4, 0.5) is 4.39 Å². The molecule has 162 valence electrons. The average molecular weight is 422 g/mol. The number of fused-ring (bicyclic) bond motifs is 1. The van der Waals surface area contributed by atoms with Crippen LogP contribution in [0.1, 0.15) is 59.8 Å². The maximum Gasteiger partial charge on any atom is 0.253 e. The first-order chi connectivity index (χ1) is 15.0. The monoisotopic (exact) mass is 421 g/mol. The number of nitrogens with zero attached hydrogens (tertiary/aromatic N) is 1. The molecule has 0 aliphatic heterocycles. The molecule has 2 atom stereocenters. The SMILES string of the molecule is CCC(=O)N[C@H]1CC[C@@H](N(C)C(=O)c2ccc(C3=CCc4cc[nH]c4C=C3)c(F)c2)C1. The van der Waals surface area contributed by atoms with Crippen molar-refractivity contribution < 1.29 is 14.0 Å². The highest BCUT2D eigenvalue weighted by Crippen LogP contribution is 2.28. The van der Waals surface area contributed by atoms with Crippen LogP contribution in [0.25, 0.3) is 11.6 Å². The molecular formula is C25H28FN3O2. The Hall–Kier alpha value is -3.15. The van der Waals surface area contributed by atoms with Crippen molar-refractivity contribution in [3.8, 4) is 0 Å². The van der Waals surface area contributed by atoms with E-state index in [4.69, 9.17) is 0 Å². The van der Waals surface area contributed by atoms with Crippen molar-refractivity contribution in [3.63, 3.8) is 0 Å². The van der Waals surface area contributed by atoms with Crippen molar-refractivity contribution in [2.24, 2.45) is 0 Å². The molecule has 2 N–H and O–H groups in total. The summed E-state index contributed by atoms with van der Waals surface area (Å²) in [6, 6.07) is 6.87. The van der Waals surface area contributed by atoms with Crippen molar-refractivity contribution >= 4 is 23.5 Å². The number of amides is 2. The molecule has 0 saturated heterocycles. The lowest BCUT2D eigenvalue weighted by Gasteiger charge is -2.25. The standard InChI is InChI=1S/C25H28FN3O2/c1-3-24(30)28-19-8-9-20(15-19)29(2)25(31)18-6-10-21(22(26)14-18)16-4-5-17-12-13-27-23(17)11-7-16/h4,6-7,10-14,19-20,27H,3,5,8-9,15H2,1-2H3,(H,28,30)/t19-,20+/m0/s1. The van der Waals surface area contributed by atoms with Gasteiger partial charge >= 0.3 is 0 Å². The Bertz CT molecular complexity index is 1050. The highest BCUT2D eigenvalue weighted by atomic mass is 19.1. The summed E-state index contributed by atoms with van der Waals surface area (Å²) in [7, 11) is 1.76. The minimum atomic E-state index is -0.403. The molecule has 0 spiro atoms. The summed E-state index contributed by atoms with van der Waals surface area (Å²) >= 11 is 0. The third kappa shape index (κ3) is 4.48. The molecule has 2 amide bonds. The second-order valence-electron chi connectivity index (χ2n) is 8.31. The number of rotatable bonds is 5. The van der Waals surface area contributed by atoms with Crippen LogP contribution >= 0.6 is 0 Å². The summed E-state index contributed by atoms with van der Waals surface area (Å²) in [5.41, 5.74) is 3.84. The molecule has 0 unspecified atom stereocenters. The van der Waals surface area contributed by atoms with Crippen LogP contribution in [0.5, 0.6) is 0 Å². The van der Waals surface area contributed by atoms with E-state index in [1.807, 2.05) is 37.4 Å². The number of hydrogen-bond donors (Lipinski definition) is 2. The highest BCUT2D eigenvalue weighted by Gasteiger charge is 2.31. The first-order valence-electron chi connectivity index (χ1n) is 10.9. The predicted octanol–water partition coefficient (Wildman–Crippen LogP) is 4.33. The summed E-state index contributed by atoms with van der Waals surface area (Å²) in [5.74, 6) is -0.565. The number of carbonyl (C=O) groups is 2. The van der Waals surface area contributed by atoms with Gasteiger partial charge in [-0.25, -0.2) is 4.39 Å². The van der Waals surface area contributed by atoms with Crippen LogP contribution in [0.2, 0.25) is 0 Å². The lowest BCUT2D eigenvalue weighted by Crippen LogP contribution is -2.38. The fourth-order valence-electron chi connectivity index (χ4n) is 4.43. The number of H-pyrrole nitrogens is 1. The molecule has 1 saturated carbocycles. The van der Waals surface area contributed by atoms with Crippen LogP contribution in [0, 0.1) is 5.82 Å². The van der Waals surface area contributed by atoms with Gasteiger partial charge in [0.05, 0.1) is 0 Å². The summed E-state index contributed by atoms with van der Waals surface area (Å²) < 4.78 is 15.0. The number of aromatic amines is 1. The maximum atomic E-state index is 15.0. The van der Waals surface area contributed by atoms with Crippen molar-refractivity contribution in [3.05, 3.63) is 70.8 Å². The minimum absolute atomic E-state index is 0.0337. The molecule has 6 heteroatoms. The number of aromatic nitrogens is 1. The molecule has 1 heterocycles. The van der Waals surface area contributed by atoms with Gasteiger partial charge in [-0.05, 0) is 61.1 Å². The third-order valence-corrected chi connectivity index (χ3v) is 6.33. The smallest absolute Gasteiger partial charge is 0.253 e. The molecule has 0 bridgehead atoms. The normalized spacial score (nSPS) is 20.0. The largest absolute Gasteiger partial charge is 0.361 e. The lowest BCUT2D eigenvalue weighted by molar-refractivity contribution is -0.121.